The maximum atomic E-state index is 12.2. The second kappa shape index (κ2) is 8.90. The van der Waals surface area contributed by atoms with E-state index < -0.39 is 6.36 Å². The SMILES string of the molecule is CC(C)=C(C#Cc1ncccn1)/C=C\N(C)c1ccc(OC(F)(F)F)cc1. The summed E-state index contributed by atoms with van der Waals surface area (Å²) in [6.45, 7) is 3.87. The first-order valence-electron chi connectivity index (χ1n) is 7.98. The summed E-state index contributed by atoms with van der Waals surface area (Å²) in [6, 6.07) is 7.32. The molecule has 0 bridgehead atoms. The number of alkyl halides is 3. The Labute approximate surface area is 156 Å². The van der Waals surface area contributed by atoms with Crippen LogP contribution in [0.1, 0.15) is 19.7 Å². The number of halogens is 3. The maximum Gasteiger partial charge on any atom is 0.573 e. The van der Waals surface area contributed by atoms with Crippen molar-refractivity contribution >= 4 is 5.69 Å². The van der Waals surface area contributed by atoms with Gasteiger partial charge in [-0.15, -0.1) is 13.2 Å². The van der Waals surface area contributed by atoms with E-state index in [-0.39, 0.29) is 5.75 Å². The van der Waals surface area contributed by atoms with Gasteiger partial charge in [0.15, 0.2) is 0 Å². The Balaban J connectivity index is 2.10. The first-order valence-corrected chi connectivity index (χ1v) is 7.98. The molecule has 4 nitrogen and oxygen atoms in total. The van der Waals surface area contributed by atoms with Gasteiger partial charge in [-0.2, -0.15) is 0 Å². The second-order valence-electron chi connectivity index (χ2n) is 5.70. The van der Waals surface area contributed by atoms with E-state index >= 15 is 0 Å². The van der Waals surface area contributed by atoms with Crippen LogP contribution in [0.5, 0.6) is 5.75 Å². The first kappa shape index (κ1) is 20.0. The molecule has 7 heteroatoms. The third-order valence-electron chi connectivity index (χ3n) is 3.36. The molecular formula is C20H18F3N3O. The monoisotopic (exact) mass is 373 g/mol. The number of rotatable bonds is 4. The third kappa shape index (κ3) is 6.86. The fourth-order valence-electron chi connectivity index (χ4n) is 1.98. The summed E-state index contributed by atoms with van der Waals surface area (Å²) in [6.07, 6.45) is 2.14. The van der Waals surface area contributed by atoms with Crippen molar-refractivity contribution in [3.63, 3.8) is 0 Å². The molecule has 1 aromatic heterocycles. The molecule has 0 unspecified atom stereocenters. The summed E-state index contributed by atoms with van der Waals surface area (Å²) < 4.78 is 40.5. The molecule has 0 fully saturated rings. The van der Waals surface area contributed by atoms with Crippen LogP contribution in [0.4, 0.5) is 18.9 Å². The zero-order valence-corrected chi connectivity index (χ0v) is 15.1. The Morgan fingerprint density at radius 1 is 1.11 bits per heavy atom. The average Bonchev–Trinajstić information content (AvgIpc) is 2.61. The van der Waals surface area contributed by atoms with E-state index in [0.29, 0.717) is 11.5 Å². The molecule has 0 N–H and O–H groups in total. The highest BCUT2D eigenvalue weighted by atomic mass is 19.4. The van der Waals surface area contributed by atoms with Crippen LogP contribution < -0.4 is 9.64 Å². The van der Waals surface area contributed by atoms with Gasteiger partial charge in [-0.1, -0.05) is 11.5 Å². The highest BCUT2D eigenvalue weighted by Gasteiger charge is 2.30. The minimum atomic E-state index is -4.70. The van der Waals surface area contributed by atoms with Crippen LogP contribution in [0.3, 0.4) is 0 Å². The van der Waals surface area contributed by atoms with E-state index in [4.69, 9.17) is 0 Å². The van der Waals surface area contributed by atoms with Crippen molar-refractivity contribution in [3.8, 4) is 17.6 Å². The van der Waals surface area contributed by atoms with Crippen LogP contribution in [-0.2, 0) is 0 Å². The van der Waals surface area contributed by atoms with Gasteiger partial charge in [0.25, 0.3) is 0 Å². The highest BCUT2D eigenvalue weighted by Crippen LogP contribution is 2.25. The van der Waals surface area contributed by atoms with Gasteiger partial charge in [-0.3, -0.25) is 0 Å². The van der Waals surface area contributed by atoms with Crippen molar-refractivity contribution in [2.45, 2.75) is 20.2 Å². The van der Waals surface area contributed by atoms with Gasteiger partial charge < -0.3 is 9.64 Å². The summed E-state index contributed by atoms with van der Waals surface area (Å²) in [5, 5.41) is 0. The zero-order valence-electron chi connectivity index (χ0n) is 15.1. The molecule has 0 spiro atoms. The molecule has 140 valence electrons. The van der Waals surface area contributed by atoms with Crippen LogP contribution >= 0.6 is 0 Å². The molecule has 0 atom stereocenters. The summed E-state index contributed by atoms with van der Waals surface area (Å²) >= 11 is 0. The number of hydrogen-bond acceptors (Lipinski definition) is 4. The Morgan fingerprint density at radius 2 is 1.74 bits per heavy atom. The molecule has 2 aromatic rings. The molecule has 0 radical (unpaired) electrons. The van der Waals surface area contributed by atoms with Gasteiger partial charge >= 0.3 is 6.36 Å². The number of aromatic nitrogens is 2. The van der Waals surface area contributed by atoms with E-state index in [1.54, 1.807) is 36.6 Å². The van der Waals surface area contributed by atoms with Gasteiger partial charge in [0.05, 0.1) is 0 Å². The van der Waals surface area contributed by atoms with E-state index in [1.807, 2.05) is 19.9 Å². The first-order chi connectivity index (χ1) is 12.7. The molecule has 0 saturated carbocycles. The smallest absolute Gasteiger partial charge is 0.406 e. The predicted molar refractivity (Wildman–Crippen MR) is 98.0 cm³/mol. The Hall–Kier alpha value is -3.27. The lowest BCUT2D eigenvalue weighted by Crippen LogP contribution is -2.17. The lowest BCUT2D eigenvalue weighted by molar-refractivity contribution is -0.274. The van der Waals surface area contributed by atoms with Crippen molar-refractivity contribution in [2.24, 2.45) is 0 Å². The predicted octanol–water partition coefficient (Wildman–Crippen LogP) is 4.71. The number of hydrogen-bond donors (Lipinski definition) is 0. The van der Waals surface area contributed by atoms with Crippen LogP contribution in [0.15, 0.2) is 66.1 Å². The van der Waals surface area contributed by atoms with Crippen molar-refractivity contribution in [2.75, 3.05) is 11.9 Å². The van der Waals surface area contributed by atoms with Crippen LogP contribution in [0.2, 0.25) is 0 Å². The molecule has 0 aliphatic heterocycles. The van der Waals surface area contributed by atoms with Crippen molar-refractivity contribution in [1.82, 2.24) is 9.97 Å². The molecule has 0 saturated heterocycles. The lowest BCUT2D eigenvalue weighted by atomic mass is 10.1. The van der Waals surface area contributed by atoms with Crippen molar-refractivity contribution in [3.05, 3.63) is 72.0 Å². The van der Waals surface area contributed by atoms with E-state index in [9.17, 15) is 13.2 Å². The summed E-state index contributed by atoms with van der Waals surface area (Å²) in [5.74, 6) is 6.09. The van der Waals surface area contributed by atoms with E-state index in [1.165, 1.54) is 24.3 Å². The minimum absolute atomic E-state index is 0.262. The number of ether oxygens (including phenoxy) is 1. The number of nitrogens with zero attached hydrogens (tertiary/aromatic N) is 3. The Bertz CT molecular complexity index is 873. The van der Waals surface area contributed by atoms with Gasteiger partial charge in [0, 0.05) is 36.9 Å². The Kier molecular flexibility index (Phi) is 6.61. The fourth-order valence-corrected chi connectivity index (χ4v) is 1.98. The maximum absolute atomic E-state index is 12.2. The molecule has 0 amide bonds. The van der Waals surface area contributed by atoms with Crippen LogP contribution in [0.25, 0.3) is 0 Å². The van der Waals surface area contributed by atoms with Gasteiger partial charge in [-0.25, -0.2) is 9.97 Å². The molecule has 1 heterocycles. The molecule has 2 rings (SSSR count). The normalized spacial score (nSPS) is 10.9. The topological polar surface area (TPSA) is 38.2 Å². The van der Waals surface area contributed by atoms with Crippen LogP contribution in [0, 0.1) is 11.8 Å². The van der Waals surface area contributed by atoms with E-state index in [0.717, 1.165) is 11.1 Å². The molecule has 27 heavy (non-hydrogen) atoms. The molecule has 0 aliphatic rings. The zero-order chi connectivity index (χ0) is 19.9. The molecule has 1 aromatic carbocycles. The largest absolute Gasteiger partial charge is 0.573 e. The Morgan fingerprint density at radius 3 is 2.30 bits per heavy atom. The standard InChI is InChI=1S/C20H18F3N3O/c1-15(2)16(5-10-19-24-12-4-13-25-19)11-14-26(3)17-6-8-18(9-7-17)27-20(21,22)23/h4,6-9,11-14H,1-3H3/b14-11-. The summed E-state index contributed by atoms with van der Waals surface area (Å²) in [7, 11) is 1.78. The molecule has 0 aliphatic carbocycles. The van der Waals surface area contributed by atoms with Gasteiger partial charge in [-0.05, 0) is 56.2 Å². The number of anilines is 1. The van der Waals surface area contributed by atoms with Crippen molar-refractivity contribution in [1.29, 1.82) is 0 Å². The van der Waals surface area contributed by atoms with Gasteiger partial charge in [0.1, 0.15) is 5.75 Å². The molecular weight excluding hydrogens is 355 g/mol. The quantitative estimate of drug-likeness (QED) is 0.575. The lowest BCUT2D eigenvalue weighted by Gasteiger charge is -2.15. The van der Waals surface area contributed by atoms with Crippen molar-refractivity contribution < 1.29 is 17.9 Å². The van der Waals surface area contributed by atoms with E-state index in [2.05, 4.69) is 26.5 Å². The summed E-state index contributed by atoms with van der Waals surface area (Å²) in [5.41, 5.74) is 2.51. The fraction of sp³-hybridized carbons (Fsp3) is 0.200. The average molecular weight is 373 g/mol. The van der Waals surface area contributed by atoms with Crippen LogP contribution in [-0.4, -0.2) is 23.4 Å². The third-order valence-corrected chi connectivity index (χ3v) is 3.36. The minimum Gasteiger partial charge on any atom is -0.406 e. The number of benzene rings is 1. The second-order valence-corrected chi connectivity index (χ2v) is 5.70. The summed E-state index contributed by atoms with van der Waals surface area (Å²) in [4.78, 5) is 9.87. The highest BCUT2D eigenvalue weighted by molar-refractivity contribution is 5.52. The van der Waals surface area contributed by atoms with Gasteiger partial charge in [0.2, 0.25) is 5.82 Å². The number of allylic oxidation sites excluding steroid dienone is 3.